The van der Waals surface area contributed by atoms with E-state index in [1.807, 2.05) is 12.1 Å². The lowest BCUT2D eigenvalue weighted by molar-refractivity contribution is 0.268. The van der Waals surface area contributed by atoms with Crippen LogP contribution < -0.4 is 0 Å². The lowest BCUT2D eigenvalue weighted by Gasteiger charge is -2.21. The van der Waals surface area contributed by atoms with Gasteiger partial charge in [-0.1, -0.05) is 29.3 Å². The summed E-state index contributed by atoms with van der Waals surface area (Å²) in [6.45, 7) is 8.54. The summed E-state index contributed by atoms with van der Waals surface area (Å²) in [6, 6.07) is 5.93. The quantitative estimate of drug-likeness (QED) is 0.473. The van der Waals surface area contributed by atoms with Crippen LogP contribution in [0.1, 0.15) is 37.7 Å². The van der Waals surface area contributed by atoms with E-state index in [1.165, 1.54) is 70.4 Å². The number of likely N-dealkylation sites (N-methyl/N-ethyl adjacent to an activating group) is 1. The van der Waals surface area contributed by atoms with E-state index in [1.54, 1.807) is 0 Å². The van der Waals surface area contributed by atoms with Gasteiger partial charge in [0.1, 0.15) is 0 Å². The number of likely N-dealkylation sites (tertiary alicyclic amines) is 1. The molecule has 1 aromatic rings. The van der Waals surface area contributed by atoms with Crippen LogP contribution in [0.15, 0.2) is 18.2 Å². The van der Waals surface area contributed by atoms with Gasteiger partial charge >= 0.3 is 0 Å². The molecule has 0 amide bonds. The molecule has 0 aliphatic carbocycles. The summed E-state index contributed by atoms with van der Waals surface area (Å²) in [4.78, 5) is 7.50. The van der Waals surface area contributed by atoms with Crippen molar-refractivity contribution in [2.45, 2.75) is 38.5 Å². The highest BCUT2D eigenvalue weighted by molar-refractivity contribution is 6.42. The Balaban J connectivity index is 1.48. The smallest absolute Gasteiger partial charge is 0.0595 e. The summed E-state index contributed by atoms with van der Waals surface area (Å²) in [6.07, 6.45) is 7.70. The molecule has 1 saturated heterocycles. The highest BCUT2D eigenvalue weighted by Gasteiger charge is 2.10. The zero-order valence-electron chi connectivity index (χ0n) is 16.5. The van der Waals surface area contributed by atoms with Crippen LogP contribution in [0.25, 0.3) is 0 Å². The predicted octanol–water partition coefficient (Wildman–Crippen LogP) is 4.67. The first-order valence-corrected chi connectivity index (χ1v) is 10.8. The van der Waals surface area contributed by atoms with Crippen LogP contribution in [0.3, 0.4) is 0 Å². The number of hydrogen-bond donors (Lipinski definition) is 0. The van der Waals surface area contributed by atoms with Gasteiger partial charge in [0.05, 0.1) is 10.0 Å². The lowest BCUT2D eigenvalue weighted by atomic mass is 10.1. The first-order chi connectivity index (χ1) is 12.5. The molecule has 0 aromatic heterocycles. The Hall–Kier alpha value is -0.320. The van der Waals surface area contributed by atoms with Gasteiger partial charge in [0.25, 0.3) is 0 Å². The van der Waals surface area contributed by atoms with E-state index in [9.17, 15) is 0 Å². The highest BCUT2D eigenvalue weighted by atomic mass is 35.5. The number of hydrogen-bond acceptors (Lipinski definition) is 3. The molecule has 5 heteroatoms. The van der Waals surface area contributed by atoms with Gasteiger partial charge in [-0.3, -0.25) is 0 Å². The summed E-state index contributed by atoms with van der Waals surface area (Å²) in [7, 11) is 4.46. The minimum atomic E-state index is 0.632. The second-order valence-electron chi connectivity index (χ2n) is 7.71. The molecular weight excluding hydrogens is 365 g/mol. The molecule has 1 aliphatic heterocycles. The standard InChI is InChI=1S/C21H35Cl2N3/c1-24(11-3-4-14-26-15-5-6-16-26)12-7-13-25(2)17-10-19-8-9-20(22)21(23)18-19/h8-9,18H,3-7,10-17H2,1-2H3. The van der Waals surface area contributed by atoms with E-state index in [-0.39, 0.29) is 0 Å². The van der Waals surface area contributed by atoms with Crippen molar-refractivity contribution in [2.24, 2.45) is 0 Å². The van der Waals surface area contributed by atoms with Gasteiger partial charge < -0.3 is 14.7 Å². The van der Waals surface area contributed by atoms with E-state index >= 15 is 0 Å². The van der Waals surface area contributed by atoms with Crippen molar-refractivity contribution in [3.05, 3.63) is 33.8 Å². The zero-order valence-corrected chi connectivity index (χ0v) is 18.0. The Morgan fingerprint density at radius 2 is 1.50 bits per heavy atom. The monoisotopic (exact) mass is 399 g/mol. The number of nitrogens with zero attached hydrogens (tertiary/aromatic N) is 3. The molecule has 3 nitrogen and oxygen atoms in total. The molecule has 1 aromatic carbocycles. The predicted molar refractivity (Wildman–Crippen MR) is 115 cm³/mol. The van der Waals surface area contributed by atoms with Crippen LogP contribution in [0.2, 0.25) is 10.0 Å². The van der Waals surface area contributed by atoms with Crippen LogP contribution in [-0.4, -0.2) is 74.6 Å². The fraction of sp³-hybridized carbons (Fsp3) is 0.714. The summed E-state index contributed by atoms with van der Waals surface area (Å²) in [5.74, 6) is 0. The third-order valence-electron chi connectivity index (χ3n) is 5.31. The summed E-state index contributed by atoms with van der Waals surface area (Å²) >= 11 is 12.1. The van der Waals surface area contributed by atoms with Crippen molar-refractivity contribution in [3.63, 3.8) is 0 Å². The molecule has 0 unspecified atom stereocenters. The molecule has 0 N–H and O–H groups in total. The van der Waals surface area contributed by atoms with Crippen LogP contribution >= 0.6 is 23.2 Å². The Bertz CT molecular complexity index is 518. The summed E-state index contributed by atoms with van der Waals surface area (Å²) in [5, 5.41) is 1.28. The lowest BCUT2D eigenvalue weighted by Crippen LogP contribution is -2.28. The van der Waals surface area contributed by atoms with E-state index in [0.29, 0.717) is 10.0 Å². The minimum absolute atomic E-state index is 0.632. The maximum Gasteiger partial charge on any atom is 0.0595 e. The van der Waals surface area contributed by atoms with Gasteiger partial charge in [0.15, 0.2) is 0 Å². The van der Waals surface area contributed by atoms with Crippen molar-refractivity contribution in [3.8, 4) is 0 Å². The van der Waals surface area contributed by atoms with Crippen molar-refractivity contribution >= 4 is 23.2 Å². The first kappa shape index (κ1) is 22.0. The summed E-state index contributed by atoms with van der Waals surface area (Å²) in [5.41, 5.74) is 1.25. The SMILES string of the molecule is CN(CCCCN1CCCC1)CCCN(C)CCc1ccc(Cl)c(Cl)c1. The number of unbranched alkanes of at least 4 members (excludes halogenated alkanes) is 1. The largest absolute Gasteiger partial charge is 0.306 e. The van der Waals surface area contributed by atoms with Crippen molar-refractivity contribution in [1.29, 1.82) is 0 Å². The van der Waals surface area contributed by atoms with Gasteiger partial charge in [0, 0.05) is 6.54 Å². The maximum atomic E-state index is 6.08. The van der Waals surface area contributed by atoms with Gasteiger partial charge in [-0.25, -0.2) is 0 Å². The van der Waals surface area contributed by atoms with E-state index in [0.717, 1.165) is 19.5 Å². The average molecular weight is 400 g/mol. The van der Waals surface area contributed by atoms with E-state index in [2.05, 4.69) is 34.9 Å². The molecule has 0 spiro atoms. The van der Waals surface area contributed by atoms with Gasteiger partial charge in [-0.15, -0.1) is 0 Å². The molecule has 0 saturated carbocycles. The molecule has 148 valence electrons. The van der Waals surface area contributed by atoms with Gasteiger partial charge in [-0.2, -0.15) is 0 Å². The summed E-state index contributed by atoms with van der Waals surface area (Å²) < 4.78 is 0. The normalized spacial score (nSPS) is 15.5. The Kier molecular flexibility index (Phi) is 10.3. The van der Waals surface area contributed by atoms with Gasteiger partial charge in [0.2, 0.25) is 0 Å². The second-order valence-corrected chi connectivity index (χ2v) is 8.53. The molecule has 0 atom stereocenters. The van der Waals surface area contributed by atoms with Crippen LogP contribution in [0.4, 0.5) is 0 Å². The second kappa shape index (κ2) is 12.2. The number of halogens is 2. The first-order valence-electron chi connectivity index (χ1n) is 10.1. The van der Waals surface area contributed by atoms with Gasteiger partial charge in [-0.05, 0) is 110 Å². The fourth-order valence-electron chi connectivity index (χ4n) is 3.57. The van der Waals surface area contributed by atoms with E-state index < -0.39 is 0 Å². The molecule has 0 radical (unpaired) electrons. The Morgan fingerprint density at radius 3 is 2.19 bits per heavy atom. The maximum absolute atomic E-state index is 6.08. The Labute approximate surface area is 170 Å². The van der Waals surface area contributed by atoms with E-state index in [4.69, 9.17) is 23.2 Å². The molecule has 2 rings (SSSR count). The minimum Gasteiger partial charge on any atom is -0.306 e. The number of rotatable bonds is 12. The molecule has 1 aliphatic rings. The zero-order chi connectivity index (χ0) is 18.8. The highest BCUT2D eigenvalue weighted by Crippen LogP contribution is 2.22. The molecule has 1 fully saturated rings. The molecule has 0 bridgehead atoms. The van der Waals surface area contributed by atoms with Crippen molar-refractivity contribution < 1.29 is 0 Å². The Morgan fingerprint density at radius 1 is 0.846 bits per heavy atom. The van der Waals surface area contributed by atoms with Crippen LogP contribution in [0, 0.1) is 0 Å². The topological polar surface area (TPSA) is 9.72 Å². The number of benzene rings is 1. The van der Waals surface area contributed by atoms with Crippen LogP contribution in [0.5, 0.6) is 0 Å². The third kappa shape index (κ3) is 8.58. The molecule has 1 heterocycles. The van der Waals surface area contributed by atoms with Crippen molar-refractivity contribution in [1.82, 2.24) is 14.7 Å². The average Bonchev–Trinajstić information content (AvgIpc) is 3.13. The fourth-order valence-corrected chi connectivity index (χ4v) is 3.89. The third-order valence-corrected chi connectivity index (χ3v) is 6.05. The molecular formula is C21H35Cl2N3. The van der Waals surface area contributed by atoms with Crippen molar-refractivity contribution in [2.75, 3.05) is 59.9 Å². The van der Waals surface area contributed by atoms with Crippen LogP contribution in [-0.2, 0) is 6.42 Å². The molecule has 26 heavy (non-hydrogen) atoms.